The Morgan fingerprint density at radius 3 is 2.38 bits per heavy atom. The zero-order valence-corrected chi connectivity index (χ0v) is 7.63. The van der Waals surface area contributed by atoms with Gasteiger partial charge in [0, 0.05) is 7.05 Å². The van der Waals surface area contributed by atoms with Gasteiger partial charge in [-0.1, -0.05) is 19.7 Å². The van der Waals surface area contributed by atoms with Gasteiger partial charge in [-0.15, -0.1) is 0 Å². The molecule has 13 heavy (non-hydrogen) atoms. The lowest BCUT2D eigenvalue weighted by Crippen LogP contribution is -2.31. The Labute approximate surface area is 77.6 Å². The highest BCUT2D eigenvalue weighted by Gasteiger charge is 2.11. The fourth-order valence-electron chi connectivity index (χ4n) is 0.599. The van der Waals surface area contributed by atoms with Gasteiger partial charge in [-0.3, -0.25) is 4.79 Å². The summed E-state index contributed by atoms with van der Waals surface area (Å²) in [6, 6.07) is 0. The van der Waals surface area contributed by atoms with E-state index in [4.69, 9.17) is 5.11 Å². The molecule has 1 unspecified atom stereocenters. The maximum atomic E-state index is 11.3. The number of hydrogen-bond donors (Lipinski definition) is 3. The molecule has 0 saturated carbocycles. The van der Waals surface area contributed by atoms with Crippen LogP contribution in [0.2, 0.25) is 0 Å². The van der Waals surface area contributed by atoms with Crippen LogP contribution in [0.3, 0.4) is 0 Å². The Morgan fingerprint density at radius 1 is 1.46 bits per heavy atom. The van der Waals surface area contributed by atoms with Crippen molar-refractivity contribution in [2.45, 2.75) is 6.23 Å². The Bertz CT molecular complexity index is 246. The molecule has 0 spiro atoms. The predicted octanol–water partition coefficient (Wildman–Crippen LogP) is -0.104. The molecule has 0 aromatic carbocycles. The number of likely N-dealkylation sites (N-methyl/N-ethyl adjacent to an activating group) is 1. The Hall–Kier alpha value is -1.55. The van der Waals surface area contributed by atoms with E-state index in [1.165, 1.54) is 6.08 Å². The summed E-state index contributed by atoms with van der Waals surface area (Å²) in [5, 5.41) is 14.1. The van der Waals surface area contributed by atoms with Gasteiger partial charge in [0.25, 0.3) is 0 Å². The fraction of sp³-hybridized carbons (Fsp3) is 0.222. The summed E-state index contributed by atoms with van der Waals surface area (Å²) in [7, 11) is 1.58. The summed E-state index contributed by atoms with van der Waals surface area (Å²) in [6.45, 7) is 10.2. The van der Waals surface area contributed by atoms with Gasteiger partial charge in [0.05, 0.1) is 11.4 Å². The molecule has 4 nitrogen and oxygen atoms in total. The first-order chi connectivity index (χ1) is 6.02. The largest absolute Gasteiger partial charge is 0.385 e. The highest BCUT2D eigenvalue weighted by molar-refractivity contribution is 6.06. The first kappa shape index (κ1) is 11.4. The smallest absolute Gasteiger partial charge is 0.223 e. The van der Waals surface area contributed by atoms with Gasteiger partial charge in [0.1, 0.15) is 6.23 Å². The van der Waals surface area contributed by atoms with Crippen molar-refractivity contribution >= 4 is 5.78 Å². The van der Waals surface area contributed by atoms with Crippen LogP contribution < -0.4 is 10.6 Å². The molecule has 0 bridgehead atoms. The summed E-state index contributed by atoms with van der Waals surface area (Å²) in [6.07, 6.45) is 0.279. The second-order valence-electron chi connectivity index (χ2n) is 2.36. The van der Waals surface area contributed by atoms with Crippen molar-refractivity contribution in [3.63, 3.8) is 0 Å². The van der Waals surface area contributed by atoms with Crippen LogP contribution in [0.25, 0.3) is 0 Å². The Morgan fingerprint density at radius 2 is 2.00 bits per heavy atom. The zero-order valence-electron chi connectivity index (χ0n) is 7.63. The van der Waals surface area contributed by atoms with E-state index in [9.17, 15) is 4.79 Å². The SMILES string of the molecule is C=CC(O)NC(=C)C(=O)C(=C)NC. The van der Waals surface area contributed by atoms with Crippen molar-refractivity contribution in [3.8, 4) is 0 Å². The van der Waals surface area contributed by atoms with E-state index in [0.717, 1.165) is 0 Å². The standard InChI is InChI=1S/C9H14N2O2/c1-5-8(12)11-7(3)9(13)6(2)10-4/h5,8,10-12H,1-3H2,4H3. The van der Waals surface area contributed by atoms with E-state index in [1.54, 1.807) is 7.05 Å². The van der Waals surface area contributed by atoms with Gasteiger partial charge in [-0.2, -0.15) is 0 Å². The van der Waals surface area contributed by atoms with Gasteiger partial charge in [-0.05, 0) is 6.08 Å². The summed E-state index contributed by atoms with van der Waals surface area (Å²) in [5.74, 6) is -0.372. The van der Waals surface area contributed by atoms with Crippen molar-refractivity contribution in [1.29, 1.82) is 0 Å². The maximum absolute atomic E-state index is 11.3. The molecule has 0 rings (SSSR count). The van der Waals surface area contributed by atoms with E-state index in [2.05, 4.69) is 30.4 Å². The van der Waals surface area contributed by atoms with E-state index < -0.39 is 6.23 Å². The van der Waals surface area contributed by atoms with Crippen molar-refractivity contribution in [3.05, 3.63) is 37.2 Å². The Kier molecular flexibility index (Phi) is 4.54. The van der Waals surface area contributed by atoms with Crippen LogP contribution in [0.5, 0.6) is 0 Å². The molecule has 0 aromatic heterocycles. The summed E-state index contributed by atoms with van der Waals surface area (Å²) >= 11 is 0. The second kappa shape index (κ2) is 5.16. The molecule has 3 N–H and O–H groups in total. The van der Waals surface area contributed by atoms with E-state index in [0.29, 0.717) is 0 Å². The highest BCUT2D eigenvalue weighted by Crippen LogP contribution is 1.96. The lowest BCUT2D eigenvalue weighted by molar-refractivity contribution is -0.113. The Balaban J connectivity index is 4.20. The molecule has 0 heterocycles. The van der Waals surface area contributed by atoms with Crippen molar-refractivity contribution in [2.75, 3.05) is 7.05 Å². The van der Waals surface area contributed by atoms with Crippen LogP contribution in [0.1, 0.15) is 0 Å². The minimum atomic E-state index is -0.971. The fourth-order valence-corrected chi connectivity index (χ4v) is 0.599. The number of carbonyl (C=O) groups is 1. The van der Waals surface area contributed by atoms with E-state index in [-0.39, 0.29) is 17.2 Å². The molecule has 0 amide bonds. The lowest BCUT2D eigenvalue weighted by atomic mass is 10.2. The molecule has 0 aliphatic rings. The third kappa shape index (κ3) is 3.57. The quantitative estimate of drug-likeness (QED) is 0.305. The number of Topliss-reactive ketones (excluding diaryl/α,β-unsaturated/α-hetero) is 1. The van der Waals surface area contributed by atoms with Crippen LogP contribution in [0.15, 0.2) is 37.2 Å². The number of nitrogens with one attached hydrogen (secondary N) is 2. The number of rotatable bonds is 6. The summed E-state index contributed by atoms with van der Waals surface area (Å²) in [4.78, 5) is 11.3. The highest BCUT2D eigenvalue weighted by atomic mass is 16.3. The minimum absolute atomic E-state index is 0.0757. The molecular weight excluding hydrogens is 168 g/mol. The molecule has 0 fully saturated rings. The summed E-state index contributed by atoms with van der Waals surface area (Å²) < 4.78 is 0. The molecule has 72 valence electrons. The van der Waals surface area contributed by atoms with Crippen molar-refractivity contribution in [2.24, 2.45) is 0 Å². The number of ketones is 1. The first-order valence-electron chi connectivity index (χ1n) is 3.70. The molecule has 0 aliphatic heterocycles. The molecule has 1 atom stereocenters. The van der Waals surface area contributed by atoms with Crippen molar-refractivity contribution in [1.82, 2.24) is 10.6 Å². The normalized spacial score (nSPS) is 11.2. The third-order valence-corrected chi connectivity index (χ3v) is 1.40. The maximum Gasteiger partial charge on any atom is 0.223 e. The number of aliphatic hydroxyl groups is 1. The molecule has 4 heteroatoms. The molecule has 0 radical (unpaired) electrons. The average Bonchev–Trinajstić information content (AvgIpc) is 2.14. The van der Waals surface area contributed by atoms with E-state index in [1.807, 2.05) is 0 Å². The predicted molar refractivity (Wildman–Crippen MR) is 51.7 cm³/mol. The molecular formula is C9H14N2O2. The topological polar surface area (TPSA) is 61.4 Å². The van der Waals surface area contributed by atoms with Gasteiger partial charge in [0.2, 0.25) is 5.78 Å². The third-order valence-electron chi connectivity index (χ3n) is 1.40. The van der Waals surface area contributed by atoms with Crippen molar-refractivity contribution < 1.29 is 9.90 Å². The van der Waals surface area contributed by atoms with Gasteiger partial charge in [-0.25, -0.2) is 0 Å². The minimum Gasteiger partial charge on any atom is -0.385 e. The molecule has 0 aliphatic carbocycles. The van der Waals surface area contributed by atoms with Crippen LogP contribution in [-0.4, -0.2) is 24.2 Å². The monoisotopic (exact) mass is 182 g/mol. The number of carbonyl (C=O) groups excluding carboxylic acids is 1. The number of aliphatic hydroxyl groups excluding tert-OH is 1. The molecule has 0 saturated heterocycles. The average molecular weight is 182 g/mol. The van der Waals surface area contributed by atoms with Crippen LogP contribution >= 0.6 is 0 Å². The lowest BCUT2D eigenvalue weighted by Gasteiger charge is -2.12. The van der Waals surface area contributed by atoms with Crippen LogP contribution in [-0.2, 0) is 4.79 Å². The van der Waals surface area contributed by atoms with Gasteiger partial charge >= 0.3 is 0 Å². The molecule has 0 aromatic rings. The van der Waals surface area contributed by atoms with Crippen LogP contribution in [0.4, 0.5) is 0 Å². The van der Waals surface area contributed by atoms with Gasteiger partial charge < -0.3 is 15.7 Å². The van der Waals surface area contributed by atoms with Gasteiger partial charge in [0.15, 0.2) is 0 Å². The zero-order chi connectivity index (χ0) is 10.4. The van der Waals surface area contributed by atoms with Crippen LogP contribution in [0, 0.1) is 0 Å². The second-order valence-corrected chi connectivity index (χ2v) is 2.36. The first-order valence-corrected chi connectivity index (χ1v) is 3.70. The summed E-state index contributed by atoms with van der Waals surface area (Å²) in [5.41, 5.74) is 0.292. The number of hydrogen-bond acceptors (Lipinski definition) is 4. The van der Waals surface area contributed by atoms with E-state index >= 15 is 0 Å².